The summed E-state index contributed by atoms with van der Waals surface area (Å²) in [7, 11) is 0. The molecule has 0 spiro atoms. The predicted octanol–water partition coefficient (Wildman–Crippen LogP) is 5.72. The Morgan fingerprint density at radius 3 is 2.71 bits per heavy atom. The monoisotopic (exact) mass is 450 g/mol. The van der Waals surface area contributed by atoms with E-state index in [2.05, 4.69) is 37.6 Å². The van der Waals surface area contributed by atoms with E-state index in [1.807, 2.05) is 36.4 Å². The van der Waals surface area contributed by atoms with Crippen LogP contribution < -0.4 is 10.2 Å². The number of halogens is 1. The van der Waals surface area contributed by atoms with E-state index < -0.39 is 0 Å². The third kappa shape index (κ3) is 4.46. The minimum absolute atomic E-state index is 0.331. The van der Waals surface area contributed by atoms with E-state index in [1.165, 1.54) is 5.00 Å². The fourth-order valence-electron chi connectivity index (χ4n) is 3.99. The quantitative estimate of drug-likeness (QED) is 0.381. The number of benzene rings is 2. The molecule has 1 aliphatic rings. The van der Waals surface area contributed by atoms with E-state index in [0.717, 1.165) is 60.6 Å². The first kappa shape index (κ1) is 20.1. The number of hydrogen-bond acceptors (Lipinski definition) is 6. The highest BCUT2D eigenvalue weighted by molar-refractivity contribution is 7.14. The van der Waals surface area contributed by atoms with Crippen LogP contribution in [0.2, 0.25) is 5.02 Å². The van der Waals surface area contributed by atoms with Gasteiger partial charge >= 0.3 is 0 Å². The van der Waals surface area contributed by atoms with Crippen molar-refractivity contribution >= 4 is 50.2 Å². The maximum atomic E-state index is 10.4. The summed E-state index contributed by atoms with van der Waals surface area (Å²) in [5.41, 5.74) is 3.67. The molecule has 1 aliphatic heterocycles. The van der Waals surface area contributed by atoms with Crippen molar-refractivity contribution in [3.8, 4) is 5.75 Å². The average molecular weight is 451 g/mol. The zero-order chi connectivity index (χ0) is 21.2. The second kappa shape index (κ2) is 8.75. The number of anilines is 3. The fourth-order valence-corrected chi connectivity index (χ4v) is 4.94. The van der Waals surface area contributed by atoms with Gasteiger partial charge in [-0.05, 0) is 60.0 Å². The first-order chi connectivity index (χ1) is 15.2. The lowest BCUT2D eigenvalue weighted by atomic mass is 10.1. The summed E-state index contributed by atoms with van der Waals surface area (Å²) in [5.74, 6) is 0.331. The molecule has 3 heterocycles. The van der Waals surface area contributed by atoms with Gasteiger partial charge in [-0.2, -0.15) is 0 Å². The SMILES string of the molecule is Oc1ccc(Nc2ccnc3cc(Cl)ccc23)cc1CN1CCN(c2cccs2)CC1. The number of phenolic OH excluding ortho intramolecular Hbond substituents is 1. The minimum atomic E-state index is 0.331. The number of rotatable bonds is 5. The highest BCUT2D eigenvalue weighted by atomic mass is 35.5. The van der Waals surface area contributed by atoms with Crippen LogP contribution in [0, 0.1) is 0 Å². The number of thiophene rings is 1. The van der Waals surface area contributed by atoms with Gasteiger partial charge in [-0.1, -0.05) is 11.6 Å². The summed E-state index contributed by atoms with van der Waals surface area (Å²) in [4.78, 5) is 9.23. The molecule has 0 amide bonds. The Bertz CT molecular complexity index is 1190. The van der Waals surface area contributed by atoms with Crippen LogP contribution in [0.15, 0.2) is 66.2 Å². The number of fused-ring (bicyclic) bond motifs is 1. The molecule has 0 saturated carbocycles. The Kier molecular flexibility index (Phi) is 5.68. The standard InChI is InChI=1S/C24H23ClN4OS/c25-18-3-5-20-21(7-8-26-22(20)15-18)27-19-4-6-23(30)17(14-19)16-28-9-11-29(12-10-28)24-2-1-13-31-24/h1-8,13-15,30H,9-12,16H2,(H,26,27). The maximum Gasteiger partial charge on any atom is 0.120 e. The topological polar surface area (TPSA) is 51.6 Å². The van der Waals surface area contributed by atoms with Gasteiger partial charge in [0, 0.05) is 66.3 Å². The molecule has 31 heavy (non-hydrogen) atoms. The van der Waals surface area contributed by atoms with E-state index >= 15 is 0 Å². The number of piperazine rings is 1. The molecule has 7 heteroatoms. The summed E-state index contributed by atoms with van der Waals surface area (Å²) < 4.78 is 0. The van der Waals surface area contributed by atoms with E-state index in [4.69, 9.17) is 11.6 Å². The lowest BCUT2D eigenvalue weighted by Gasteiger charge is -2.35. The second-order valence-electron chi connectivity index (χ2n) is 7.70. The van der Waals surface area contributed by atoms with Crippen LogP contribution in [0.25, 0.3) is 10.9 Å². The number of pyridine rings is 1. The van der Waals surface area contributed by atoms with Crippen molar-refractivity contribution in [2.75, 3.05) is 36.4 Å². The maximum absolute atomic E-state index is 10.4. The van der Waals surface area contributed by atoms with E-state index in [9.17, 15) is 5.11 Å². The third-order valence-corrected chi connectivity index (χ3v) is 6.81. The summed E-state index contributed by atoms with van der Waals surface area (Å²) >= 11 is 7.89. The zero-order valence-electron chi connectivity index (χ0n) is 17.0. The van der Waals surface area contributed by atoms with Gasteiger partial charge in [-0.25, -0.2) is 0 Å². The van der Waals surface area contributed by atoms with Crippen LogP contribution in [-0.4, -0.2) is 41.2 Å². The van der Waals surface area contributed by atoms with Gasteiger partial charge in [0.25, 0.3) is 0 Å². The molecule has 2 N–H and O–H groups in total. The summed E-state index contributed by atoms with van der Waals surface area (Å²) in [6.45, 7) is 4.69. The number of aromatic nitrogens is 1. The number of nitrogens with zero attached hydrogens (tertiary/aromatic N) is 3. The Morgan fingerprint density at radius 2 is 1.90 bits per heavy atom. The Labute approximate surface area is 190 Å². The molecular formula is C24H23ClN4OS. The van der Waals surface area contributed by atoms with Crippen LogP contribution in [0.1, 0.15) is 5.56 Å². The molecule has 1 saturated heterocycles. The number of aromatic hydroxyl groups is 1. The Hall–Kier alpha value is -2.80. The largest absolute Gasteiger partial charge is 0.508 e. The first-order valence-electron chi connectivity index (χ1n) is 10.3. The molecule has 5 rings (SSSR count). The van der Waals surface area contributed by atoms with Gasteiger partial charge in [-0.15, -0.1) is 11.3 Å². The number of hydrogen-bond donors (Lipinski definition) is 2. The van der Waals surface area contributed by atoms with Crippen LogP contribution in [-0.2, 0) is 6.54 Å². The highest BCUT2D eigenvalue weighted by Crippen LogP contribution is 2.30. The van der Waals surface area contributed by atoms with Gasteiger partial charge < -0.3 is 15.3 Å². The van der Waals surface area contributed by atoms with Crippen LogP contribution in [0.3, 0.4) is 0 Å². The molecule has 158 valence electrons. The van der Waals surface area contributed by atoms with Gasteiger partial charge in [0.1, 0.15) is 5.75 Å². The van der Waals surface area contributed by atoms with Crippen LogP contribution in [0.5, 0.6) is 5.75 Å². The molecular weight excluding hydrogens is 428 g/mol. The Balaban J connectivity index is 1.30. The molecule has 0 radical (unpaired) electrons. The smallest absolute Gasteiger partial charge is 0.120 e. The van der Waals surface area contributed by atoms with E-state index in [0.29, 0.717) is 10.8 Å². The van der Waals surface area contributed by atoms with Crippen molar-refractivity contribution in [2.45, 2.75) is 6.54 Å². The second-order valence-corrected chi connectivity index (χ2v) is 9.07. The van der Waals surface area contributed by atoms with Crippen LogP contribution in [0.4, 0.5) is 16.4 Å². The summed E-state index contributed by atoms with van der Waals surface area (Å²) in [6.07, 6.45) is 1.77. The molecule has 0 aliphatic carbocycles. The number of nitrogens with one attached hydrogen (secondary N) is 1. The van der Waals surface area contributed by atoms with Crippen molar-refractivity contribution in [3.05, 3.63) is 76.8 Å². The van der Waals surface area contributed by atoms with E-state index in [1.54, 1.807) is 23.6 Å². The van der Waals surface area contributed by atoms with Crippen molar-refractivity contribution in [2.24, 2.45) is 0 Å². The molecule has 0 bridgehead atoms. The van der Waals surface area contributed by atoms with Gasteiger partial charge in [0.05, 0.1) is 10.5 Å². The lowest BCUT2D eigenvalue weighted by molar-refractivity contribution is 0.247. The van der Waals surface area contributed by atoms with Crippen molar-refractivity contribution in [3.63, 3.8) is 0 Å². The lowest BCUT2D eigenvalue weighted by Crippen LogP contribution is -2.45. The zero-order valence-corrected chi connectivity index (χ0v) is 18.5. The third-order valence-electron chi connectivity index (χ3n) is 5.65. The number of phenols is 1. The van der Waals surface area contributed by atoms with Crippen molar-refractivity contribution in [1.29, 1.82) is 0 Å². The summed E-state index contributed by atoms with van der Waals surface area (Å²) in [5, 5.41) is 19.1. The molecule has 2 aromatic heterocycles. The highest BCUT2D eigenvalue weighted by Gasteiger charge is 2.19. The molecule has 2 aromatic carbocycles. The minimum Gasteiger partial charge on any atom is -0.508 e. The molecule has 0 atom stereocenters. The molecule has 1 fully saturated rings. The normalized spacial score (nSPS) is 14.8. The predicted molar refractivity (Wildman–Crippen MR) is 130 cm³/mol. The van der Waals surface area contributed by atoms with Crippen molar-refractivity contribution < 1.29 is 5.11 Å². The molecule has 4 aromatic rings. The fraction of sp³-hybridized carbons (Fsp3) is 0.208. The summed E-state index contributed by atoms with van der Waals surface area (Å²) in [6, 6.07) is 17.6. The first-order valence-corrected chi connectivity index (χ1v) is 11.6. The van der Waals surface area contributed by atoms with Gasteiger partial charge in [0.15, 0.2) is 0 Å². The van der Waals surface area contributed by atoms with Crippen molar-refractivity contribution in [1.82, 2.24) is 9.88 Å². The molecule has 0 unspecified atom stereocenters. The van der Waals surface area contributed by atoms with Crippen LogP contribution >= 0.6 is 22.9 Å². The average Bonchev–Trinajstić information content (AvgIpc) is 3.31. The Morgan fingerprint density at radius 1 is 1.03 bits per heavy atom. The van der Waals surface area contributed by atoms with E-state index in [-0.39, 0.29) is 0 Å². The van der Waals surface area contributed by atoms with Gasteiger partial charge in [-0.3, -0.25) is 9.88 Å². The molecule has 5 nitrogen and oxygen atoms in total. The van der Waals surface area contributed by atoms with Gasteiger partial charge in [0.2, 0.25) is 0 Å².